The summed E-state index contributed by atoms with van der Waals surface area (Å²) in [5.41, 5.74) is 8.00. The van der Waals surface area contributed by atoms with Gasteiger partial charge in [0.1, 0.15) is 5.75 Å². The van der Waals surface area contributed by atoms with Crippen molar-refractivity contribution in [1.29, 1.82) is 0 Å². The van der Waals surface area contributed by atoms with E-state index in [2.05, 4.69) is 12.2 Å². The van der Waals surface area contributed by atoms with Crippen molar-refractivity contribution >= 4 is 5.91 Å². The lowest BCUT2D eigenvalue weighted by Gasteiger charge is -2.14. The van der Waals surface area contributed by atoms with Crippen molar-refractivity contribution in [2.75, 3.05) is 14.2 Å². The monoisotopic (exact) mass is 236 g/mol. The summed E-state index contributed by atoms with van der Waals surface area (Å²) in [6.45, 7) is 2.09. The second-order valence-corrected chi connectivity index (χ2v) is 3.92. The molecule has 0 fully saturated rings. The van der Waals surface area contributed by atoms with Gasteiger partial charge in [-0.05, 0) is 23.6 Å². The molecule has 0 heterocycles. The van der Waals surface area contributed by atoms with Crippen LogP contribution in [0, 0.1) is 0 Å². The second-order valence-electron chi connectivity index (χ2n) is 3.92. The predicted molar refractivity (Wildman–Crippen MR) is 68.1 cm³/mol. The predicted octanol–water partition coefficient (Wildman–Crippen LogP) is 0.873. The average Bonchev–Trinajstić information content (AvgIpc) is 2.37. The molecule has 0 aromatic heterocycles. The van der Waals surface area contributed by atoms with Gasteiger partial charge in [0.2, 0.25) is 5.91 Å². The van der Waals surface area contributed by atoms with Gasteiger partial charge in [-0.25, -0.2) is 0 Å². The molecular weight excluding hydrogens is 216 g/mol. The number of benzene rings is 1. The molecule has 0 radical (unpaired) electrons. The van der Waals surface area contributed by atoms with Gasteiger partial charge in [-0.2, -0.15) is 0 Å². The lowest BCUT2D eigenvalue weighted by atomic mass is 10.0. The maximum absolute atomic E-state index is 11.4. The molecule has 0 saturated heterocycles. The smallest absolute Gasteiger partial charge is 0.237 e. The van der Waals surface area contributed by atoms with E-state index in [1.807, 2.05) is 18.2 Å². The van der Waals surface area contributed by atoms with Crippen molar-refractivity contribution in [2.45, 2.75) is 25.8 Å². The maximum atomic E-state index is 11.4. The van der Waals surface area contributed by atoms with Gasteiger partial charge in [-0.1, -0.05) is 19.1 Å². The fourth-order valence-corrected chi connectivity index (χ4v) is 1.73. The number of likely N-dealkylation sites (N-methyl/N-ethyl adjacent to an activating group) is 1. The minimum Gasteiger partial charge on any atom is -0.496 e. The molecule has 1 aromatic rings. The Kier molecular flexibility index (Phi) is 4.97. The van der Waals surface area contributed by atoms with Crippen LogP contribution in [-0.2, 0) is 17.6 Å². The highest BCUT2D eigenvalue weighted by Crippen LogP contribution is 2.21. The lowest BCUT2D eigenvalue weighted by Crippen LogP contribution is -2.40. The third-order valence-electron chi connectivity index (χ3n) is 2.78. The third kappa shape index (κ3) is 3.46. The number of methoxy groups -OCH3 is 1. The minimum atomic E-state index is -0.541. The van der Waals surface area contributed by atoms with Gasteiger partial charge in [0.15, 0.2) is 0 Å². The summed E-state index contributed by atoms with van der Waals surface area (Å²) in [6.07, 6.45) is 1.43. The number of nitrogens with two attached hydrogens (primary N) is 1. The van der Waals surface area contributed by atoms with Gasteiger partial charge < -0.3 is 15.8 Å². The molecule has 0 bridgehead atoms. The Morgan fingerprint density at radius 3 is 2.76 bits per heavy atom. The Labute approximate surface area is 102 Å². The number of aryl methyl sites for hydroxylation is 1. The molecule has 0 aliphatic heterocycles. The van der Waals surface area contributed by atoms with Crippen LogP contribution in [0.4, 0.5) is 0 Å². The van der Waals surface area contributed by atoms with Gasteiger partial charge in [-0.3, -0.25) is 4.79 Å². The standard InChI is InChI=1S/C13H20N2O2/c1-4-9-5-6-12(17-3)10(7-9)8-11(14)13(16)15-2/h5-7,11H,4,8,14H2,1-3H3,(H,15,16). The molecule has 4 nitrogen and oxygen atoms in total. The third-order valence-corrected chi connectivity index (χ3v) is 2.78. The topological polar surface area (TPSA) is 64.3 Å². The Bertz CT molecular complexity index is 391. The van der Waals surface area contributed by atoms with Crippen molar-refractivity contribution in [3.05, 3.63) is 29.3 Å². The Balaban J connectivity index is 2.91. The number of hydrogen-bond donors (Lipinski definition) is 2. The van der Waals surface area contributed by atoms with E-state index in [-0.39, 0.29) is 5.91 Å². The SMILES string of the molecule is CCc1ccc(OC)c(CC(N)C(=O)NC)c1. The van der Waals surface area contributed by atoms with E-state index >= 15 is 0 Å². The lowest BCUT2D eigenvalue weighted by molar-refractivity contribution is -0.121. The van der Waals surface area contributed by atoms with Crippen LogP contribution in [0.2, 0.25) is 0 Å². The molecule has 3 N–H and O–H groups in total. The first kappa shape index (κ1) is 13.5. The van der Waals surface area contributed by atoms with Crippen LogP contribution >= 0.6 is 0 Å². The fourth-order valence-electron chi connectivity index (χ4n) is 1.73. The van der Waals surface area contributed by atoms with Crippen LogP contribution in [0.25, 0.3) is 0 Å². The second kappa shape index (κ2) is 6.25. The van der Waals surface area contributed by atoms with Crippen molar-refractivity contribution in [3.63, 3.8) is 0 Å². The van der Waals surface area contributed by atoms with E-state index in [0.717, 1.165) is 17.7 Å². The first-order valence-corrected chi connectivity index (χ1v) is 5.75. The van der Waals surface area contributed by atoms with Gasteiger partial charge in [0.05, 0.1) is 13.2 Å². The number of hydrogen-bond acceptors (Lipinski definition) is 3. The van der Waals surface area contributed by atoms with Crippen molar-refractivity contribution in [1.82, 2.24) is 5.32 Å². The maximum Gasteiger partial charge on any atom is 0.237 e. The van der Waals surface area contributed by atoms with Crippen LogP contribution in [0.3, 0.4) is 0 Å². The summed E-state index contributed by atoms with van der Waals surface area (Å²) in [6, 6.07) is 5.45. The average molecular weight is 236 g/mol. The van der Waals surface area contributed by atoms with Crippen LogP contribution in [0.1, 0.15) is 18.1 Å². The Morgan fingerprint density at radius 2 is 2.24 bits per heavy atom. The highest BCUT2D eigenvalue weighted by atomic mass is 16.5. The molecule has 1 atom stereocenters. The van der Waals surface area contributed by atoms with E-state index in [9.17, 15) is 4.79 Å². The summed E-state index contributed by atoms with van der Waals surface area (Å²) in [5, 5.41) is 2.55. The highest BCUT2D eigenvalue weighted by molar-refractivity contribution is 5.81. The van der Waals surface area contributed by atoms with Crippen molar-refractivity contribution < 1.29 is 9.53 Å². The molecule has 4 heteroatoms. The molecule has 1 rings (SSSR count). The zero-order valence-electron chi connectivity index (χ0n) is 10.6. The van der Waals surface area contributed by atoms with Gasteiger partial charge in [0, 0.05) is 13.5 Å². The number of carbonyl (C=O) groups excluding carboxylic acids is 1. The Morgan fingerprint density at radius 1 is 1.53 bits per heavy atom. The molecular formula is C13H20N2O2. The van der Waals surface area contributed by atoms with Crippen LogP contribution in [0.5, 0.6) is 5.75 Å². The summed E-state index contributed by atoms with van der Waals surface area (Å²) in [7, 11) is 3.21. The molecule has 1 aromatic carbocycles. The van der Waals surface area contributed by atoms with E-state index in [1.165, 1.54) is 5.56 Å². The quantitative estimate of drug-likeness (QED) is 0.797. The summed E-state index contributed by atoms with van der Waals surface area (Å²) in [4.78, 5) is 11.4. The molecule has 0 aliphatic rings. The van der Waals surface area contributed by atoms with Crippen LogP contribution < -0.4 is 15.8 Å². The first-order valence-electron chi connectivity index (χ1n) is 5.75. The number of amides is 1. The molecule has 1 amide bonds. The summed E-state index contributed by atoms with van der Waals surface area (Å²) in [5.74, 6) is 0.621. The fraction of sp³-hybridized carbons (Fsp3) is 0.462. The summed E-state index contributed by atoms with van der Waals surface area (Å²) >= 11 is 0. The van der Waals surface area contributed by atoms with Crippen molar-refractivity contribution in [2.24, 2.45) is 5.73 Å². The molecule has 0 spiro atoms. The van der Waals surface area contributed by atoms with Crippen LogP contribution in [-0.4, -0.2) is 26.1 Å². The number of rotatable bonds is 5. The van der Waals surface area contributed by atoms with E-state index in [4.69, 9.17) is 10.5 Å². The largest absolute Gasteiger partial charge is 0.496 e. The molecule has 94 valence electrons. The van der Waals surface area contributed by atoms with E-state index < -0.39 is 6.04 Å². The minimum absolute atomic E-state index is 0.158. The molecule has 1 unspecified atom stereocenters. The molecule has 17 heavy (non-hydrogen) atoms. The van der Waals surface area contributed by atoms with E-state index in [1.54, 1.807) is 14.2 Å². The van der Waals surface area contributed by atoms with Crippen molar-refractivity contribution in [3.8, 4) is 5.75 Å². The summed E-state index contributed by atoms with van der Waals surface area (Å²) < 4.78 is 5.27. The number of ether oxygens (including phenoxy) is 1. The first-order chi connectivity index (χ1) is 8.12. The zero-order chi connectivity index (χ0) is 12.8. The van der Waals surface area contributed by atoms with E-state index in [0.29, 0.717) is 6.42 Å². The van der Waals surface area contributed by atoms with Gasteiger partial charge in [-0.15, -0.1) is 0 Å². The Hall–Kier alpha value is -1.55. The number of nitrogens with one attached hydrogen (secondary N) is 1. The normalized spacial score (nSPS) is 12.0. The van der Waals surface area contributed by atoms with Gasteiger partial charge in [0.25, 0.3) is 0 Å². The molecule has 0 aliphatic carbocycles. The highest BCUT2D eigenvalue weighted by Gasteiger charge is 2.15. The van der Waals surface area contributed by atoms with Gasteiger partial charge >= 0.3 is 0 Å². The zero-order valence-corrected chi connectivity index (χ0v) is 10.6. The van der Waals surface area contributed by atoms with Crippen LogP contribution in [0.15, 0.2) is 18.2 Å². The number of carbonyl (C=O) groups is 1. The molecule has 0 saturated carbocycles.